The summed E-state index contributed by atoms with van der Waals surface area (Å²) in [5.41, 5.74) is 4.81. The first kappa shape index (κ1) is 40.3. The molecule has 0 aliphatic heterocycles. The van der Waals surface area contributed by atoms with Gasteiger partial charge in [0.1, 0.15) is 21.6 Å². The van der Waals surface area contributed by atoms with Crippen molar-refractivity contribution in [3.63, 3.8) is 0 Å². The van der Waals surface area contributed by atoms with Gasteiger partial charge >= 0.3 is 199 Å². The van der Waals surface area contributed by atoms with E-state index in [2.05, 4.69) is 135 Å². The molecule has 0 N–H and O–H groups in total. The average Bonchev–Trinajstić information content (AvgIpc) is 3.09. The van der Waals surface area contributed by atoms with E-state index in [0.717, 1.165) is 10.8 Å². The summed E-state index contributed by atoms with van der Waals surface area (Å²) in [6.07, 6.45) is 0. The Hall–Kier alpha value is -3.92. The van der Waals surface area contributed by atoms with Gasteiger partial charge in [-0.25, -0.2) is 8.42 Å². The Morgan fingerprint density at radius 3 is 1.13 bits per heavy atom. The maximum absolute atomic E-state index is 11.3. The Bertz CT molecular complexity index is 2220. The van der Waals surface area contributed by atoms with Gasteiger partial charge in [0.05, 0.1) is 19.1 Å². The van der Waals surface area contributed by atoms with Gasteiger partial charge in [-0.3, -0.25) is 0 Å². The van der Waals surface area contributed by atoms with E-state index >= 15 is 0 Å². The molecule has 53 heavy (non-hydrogen) atoms. The number of fused-ring (bicyclic) bond motifs is 2. The summed E-state index contributed by atoms with van der Waals surface area (Å²) in [4.78, 5) is -0.296. The Morgan fingerprint density at radius 1 is 0.472 bits per heavy atom. The van der Waals surface area contributed by atoms with Gasteiger partial charge in [-0.05, 0) is 18.2 Å². The van der Waals surface area contributed by atoms with Crippen LogP contribution in [0.15, 0.2) is 120 Å². The van der Waals surface area contributed by atoms with Crippen LogP contribution in [0.25, 0.3) is 21.5 Å². The molecule has 0 bridgehead atoms. The van der Waals surface area contributed by atoms with E-state index in [9.17, 15) is 13.0 Å². The van der Waals surface area contributed by atoms with Crippen molar-refractivity contribution < 1.29 is 22.4 Å². The monoisotopic (exact) mass is 843 g/mol. The van der Waals surface area contributed by atoms with Gasteiger partial charge in [-0.15, -0.1) is 0 Å². The number of hydrogen-bond acceptors (Lipinski definition) is 5. The van der Waals surface area contributed by atoms with Gasteiger partial charge in [-0.1, -0.05) is 24.3 Å². The molecule has 0 unspecified atom stereocenters. The molecule has 0 aromatic heterocycles. The largest absolute Gasteiger partial charge is 0.744 e. The second-order valence-corrected chi connectivity index (χ2v) is 22.7. The predicted octanol–water partition coefficient (Wildman–Crippen LogP) is 11.9. The molecule has 6 aromatic rings. The number of rotatable bonds is 6. The summed E-state index contributed by atoms with van der Waals surface area (Å²) in [5, 5.41) is 2.85. The molecule has 0 heterocycles. The van der Waals surface area contributed by atoms with Crippen LogP contribution < -0.4 is 9.47 Å². The van der Waals surface area contributed by atoms with Crippen LogP contribution in [0.4, 0.5) is 0 Å². The van der Waals surface area contributed by atoms with Gasteiger partial charge in [0.25, 0.3) is 0 Å². The van der Waals surface area contributed by atoms with E-state index in [1.54, 1.807) is 23.9 Å². The molecular formula is C46H52IO5S-. The quantitative estimate of drug-likeness (QED) is 0.0948. The summed E-state index contributed by atoms with van der Waals surface area (Å²) >= 11 is -1.97. The zero-order valence-corrected chi connectivity index (χ0v) is 35.8. The third-order valence-corrected chi connectivity index (χ3v) is 16.4. The third kappa shape index (κ3) is 8.58. The van der Waals surface area contributed by atoms with Crippen molar-refractivity contribution in [1.82, 2.24) is 0 Å². The van der Waals surface area contributed by atoms with Crippen LogP contribution in [-0.4, -0.2) is 27.2 Å². The van der Waals surface area contributed by atoms with Crippen LogP contribution in [-0.2, 0) is 26.4 Å². The minimum absolute atomic E-state index is 0.111. The second kappa shape index (κ2) is 15.4. The van der Waals surface area contributed by atoms with Crippen molar-refractivity contribution in [3.8, 4) is 11.5 Å². The predicted molar refractivity (Wildman–Crippen MR) is 228 cm³/mol. The molecule has 0 spiro atoms. The fourth-order valence-electron chi connectivity index (χ4n) is 6.71. The van der Waals surface area contributed by atoms with Crippen molar-refractivity contribution in [3.05, 3.63) is 143 Å². The minimum Gasteiger partial charge on any atom is -0.744 e. The van der Waals surface area contributed by atoms with Crippen molar-refractivity contribution >= 4 is 51.5 Å². The number of halogens is 1. The standard InChI is InChI=1S/C30H39I.C16H14O5S/c1-28(2,3)22-16-10-13-19-25(22)31(26-20-14-11-17-23(26)29(4,5)6)27-21-15-12-18-24(27)30(7,8)9;1-20-15-11-5-3-4-6-12(11)16(21-2)14-9-10(22(17,18)19)7-8-13(14)15/h10-21H,1-9H3;3-9H,1-2H3,(H,17,18,19)/p-1. The van der Waals surface area contributed by atoms with Gasteiger partial charge in [0.2, 0.25) is 0 Å². The zero-order chi connectivity index (χ0) is 38.9. The minimum atomic E-state index is -4.54. The third-order valence-electron chi connectivity index (χ3n) is 9.25. The van der Waals surface area contributed by atoms with E-state index in [0.29, 0.717) is 22.3 Å². The summed E-state index contributed by atoms with van der Waals surface area (Å²) < 4.78 is 49.5. The summed E-state index contributed by atoms with van der Waals surface area (Å²) in [6, 6.07) is 39.4. The molecule has 7 heteroatoms. The second-order valence-electron chi connectivity index (χ2n) is 16.2. The Balaban J connectivity index is 0.000000216. The van der Waals surface area contributed by atoms with Crippen molar-refractivity contribution in [1.29, 1.82) is 0 Å². The van der Waals surface area contributed by atoms with E-state index in [1.807, 2.05) is 24.3 Å². The molecular weight excluding hydrogens is 791 g/mol. The molecule has 5 nitrogen and oxygen atoms in total. The van der Waals surface area contributed by atoms with Crippen LogP contribution in [0.1, 0.15) is 79.0 Å². The van der Waals surface area contributed by atoms with Crippen LogP contribution in [0.5, 0.6) is 11.5 Å². The van der Waals surface area contributed by atoms with Gasteiger partial charge < -0.3 is 14.0 Å². The zero-order valence-electron chi connectivity index (χ0n) is 32.8. The molecule has 280 valence electrons. The van der Waals surface area contributed by atoms with Crippen LogP contribution in [0.3, 0.4) is 0 Å². The van der Waals surface area contributed by atoms with Crippen molar-refractivity contribution in [2.24, 2.45) is 0 Å². The first-order valence-electron chi connectivity index (χ1n) is 17.8. The molecule has 0 aliphatic rings. The molecule has 0 fully saturated rings. The first-order valence-corrected chi connectivity index (χ1v) is 22.4. The van der Waals surface area contributed by atoms with Gasteiger partial charge in [0, 0.05) is 21.5 Å². The molecule has 6 aromatic carbocycles. The van der Waals surface area contributed by atoms with Crippen molar-refractivity contribution in [2.45, 2.75) is 83.5 Å². The molecule has 0 amide bonds. The summed E-state index contributed by atoms with van der Waals surface area (Å²) in [7, 11) is -1.48. The van der Waals surface area contributed by atoms with Gasteiger partial charge in [0.15, 0.2) is 0 Å². The molecule has 6 rings (SSSR count). The van der Waals surface area contributed by atoms with Crippen LogP contribution in [0.2, 0.25) is 0 Å². The van der Waals surface area contributed by atoms with Crippen LogP contribution in [0, 0.1) is 10.7 Å². The molecule has 0 atom stereocenters. The summed E-state index contributed by atoms with van der Waals surface area (Å²) in [5.74, 6) is 1.12. The van der Waals surface area contributed by atoms with E-state index in [4.69, 9.17) is 9.47 Å². The van der Waals surface area contributed by atoms with E-state index in [-0.39, 0.29) is 21.1 Å². The maximum atomic E-state index is 11.3. The van der Waals surface area contributed by atoms with E-state index in [1.165, 1.54) is 35.9 Å². The van der Waals surface area contributed by atoms with Gasteiger partial charge in [-0.2, -0.15) is 0 Å². The molecule has 0 radical (unpaired) electrons. The topological polar surface area (TPSA) is 75.7 Å². The first-order chi connectivity index (χ1) is 24.8. The van der Waals surface area contributed by atoms with E-state index < -0.39 is 29.9 Å². The maximum Gasteiger partial charge on any atom is 0.134 e. The number of benzene rings is 6. The van der Waals surface area contributed by atoms with Crippen molar-refractivity contribution in [2.75, 3.05) is 14.2 Å². The number of hydrogen-bond donors (Lipinski definition) is 0. The molecule has 0 saturated heterocycles. The smallest absolute Gasteiger partial charge is 0.134 e. The summed E-state index contributed by atoms with van der Waals surface area (Å²) in [6.45, 7) is 21.2. The van der Waals surface area contributed by atoms with Crippen LogP contribution >= 0.6 is 19.8 Å². The Kier molecular flexibility index (Phi) is 11.7. The fourth-order valence-corrected chi connectivity index (χ4v) is 15.5. The normalized spacial score (nSPS) is 12.6. The fraction of sp³-hybridized carbons (Fsp3) is 0.304. The SMILES string of the molecule is CC(C)(C)c1ccccc1I(c1ccccc1C(C)(C)C)c1ccccc1C(C)(C)C.COc1c2ccccc2c(OC)c2cc(S(=O)(=O)[O-])ccc12. The number of ether oxygens (including phenoxy) is 2. The number of methoxy groups -OCH3 is 2. The Labute approximate surface area is 323 Å². The Morgan fingerprint density at radius 2 is 0.792 bits per heavy atom. The molecule has 0 saturated carbocycles. The average molecular weight is 844 g/mol. The molecule has 0 aliphatic carbocycles.